The predicted octanol–water partition coefficient (Wildman–Crippen LogP) is 3.39. The summed E-state index contributed by atoms with van der Waals surface area (Å²) in [6.07, 6.45) is 3.08. The number of aromatic nitrogens is 2. The normalized spacial score (nSPS) is 10.8. The van der Waals surface area contributed by atoms with E-state index in [1.165, 1.54) is 11.1 Å². The SMILES string of the molecule is CCOCCCNc1nc(C)cn1Cc1ccc(C)cc1. The number of rotatable bonds is 8. The van der Waals surface area contributed by atoms with Gasteiger partial charge in [-0.15, -0.1) is 0 Å². The second-order valence-corrected chi connectivity index (χ2v) is 5.30. The number of hydrogen-bond acceptors (Lipinski definition) is 3. The van der Waals surface area contributed by atoms with Crippen LogP contribution in [-0.4, -0.2) is 29.3 Å². The van der Waals surface area contributed by atoms with E-state index in [4.69, 9.17) is 4.74 Å². The lowest BCUT2D eigenvalue weighted by Gasteiger charge is -2.10. The van der Waals surface area contributed by atoms with Gasteiger partial charge in [-0.25, -0.2) is 4.98 Å². The summed E-state index contributed by atoms with van der Waals surface area (Å²) in [5.41, 5.74) is 3.61. The number of nitrogens with zero attached hydrogens (tertiary/aromatic N) is 2. The molecule has 0 fully saturated rings. The molecule has 2 rings (SSSR count). The van der Waals surface area contributed by atoms with Crippen molar-refractivity contribution in [1.29, 1.82) is 0 Å². The summed E-state index contributed by atoms with van der Waals surface area (Å²) in [6, 6.07) is 8.63. The molecule has 114 valence electrons. The zero-order valence-electron chi connectivity index (χ0n) is 13.2. The van der Waals surface area contributed by atoms with Crippen LogP contribution in [-0.2, 0) is 11.3 Å². The van der Waals surface area contributed by atoms with Gasteiger partial charge in [-0.2, -0.15) is 0 Å². The van der Waals surface area contributed by atoms with Crippen molar-refractivity contribution in [3.8, 4) is 0 Å². The summed E-state index contributed by atoms with van der Waals surface area (Å²) in [5.74, 6) is 0.935. The summed E-state index contributed by atoms with van der Waals surface area (Å²) in [7, 11) is 0. The smallest absolute Gasteiger partial charge is 0.203 e. The van der Waals surface area contributed by atoms with E-state index < -0.39 is 0 Å². The molecule has 0 saturated carbocycles. The molecule has 4 heteroatoms. The Morgan fingerprint density at radius 3 is 2.67 bits per heavy atom. The molecule has 0 unspecified atom stereocenters. The fourth-order valence-corrected chi connectivity index (χ4v) is 2.22. The molecule has 4 nitrogen and oxygen atoms in total. The molecule has 1 heterocycles. The first-order valence-electron chi connectivity index (χ1n) is 7.60. The number of aryl methyl sites for hydroxylation is 2. The molecule has 21 heavy (non-hydrogen) atoms. The van der Waals surface area contributed by atoms with Crippen LogP contribution in [0.15, 0.2) is 30.5 Å². The maximum atomic E-state index is 5.35. The second-order valence-electron chi connectivity index (χ2n) is 5.30. The van der Waals surface area contributed by atoms with E-state index in [0.717, 1.165) is 44.4 Å². The number of imidazole rings is 1. The number of anilines is 1. The van der Waals surface area contributed by atoms with Gasteiger partial charge in [0.05, 0.1) is 12.2 Å². The highest BCUT2D eigenvalue weighted by atomic mass is 16.5. The summed E-state index contributed by atoms with van der Waals surface area (Å²) in [4.78, 5) is 4.55. The van der Waals surface area contributed by atoms with Crippen LogP contribution in [0.1, 0.15) is 30.2 Å². The third-order valence-electron chi connectivity index (χ3n) is 3.32. The van der Waals surface area contributed by atoms with Gasteiger partial charge in [0.2, 0.25) is 5.95 Å². The fourth-order valence-electron chi connectivity index (χ4n) is 2.22. The van der Waals surface area contributed by atoms with E-state index in [1.807, 2.05) is 13.8 Å². The Bertz CT molecular complexity index is 546. The lowest BCUT2D eigenvalue weighted by molar-refractivity contribution is 0.147. The first-order valence-corrected chi connectivity index (χ1v) is 7.60. The maximum Gasteiger partial charge on any atom is 0.203 e. The zero-order valence-corrected chi connectivity index (χ0v) is 13.2. The van der Waals surface area contributed by atoms with Gasteiger partial charge in [-0.05, 0) is 32.8 Å². The second kappa shape index (κ2) is 7.84. The summed E-state index contributed by atoms with van der Waals surface area (Å²) in [6.45, 7) is 9.44. The Labute approximate surface area is 127 Å². The summed E-state index contributed by atoms with van der Waals surface area (Å²) in [5, 5.41) is 3.40. The highest BCUT2D eigenvalue weighted by molar-refractivity contribution is 5.31. The Morgan fingerprint density at radius 2 is 1.95 bits per heavy atom. The lowest BCUT2D eigenvalue weighted by Crippen LogP contribution is -2.11. The fraction of sp³-hybridized carbons (Fsp3) is 0.471. The topological polar surface area (TPSA) is 39.1 Å². The van der Waals surface area contributed by atoms with E-state index in [9.17, 15) is 0 Å². The summed E-state index contributed by atoms with van der Waals surface area (Å²) < 4.78 is 7.51. The van der Waals surface area contributed by atoms with E-state index in [0.29, 0.717) is 0 Å². The van der Waals surface area contributed by atoms with Crippen molar-refractivity contribution < 1.29 is 4.74 Å². The van der Waals surface area contributed by atoms with Crippen molar-refractivity contribution in [2.24, 2.45) is 0 Å². The quantitative estimate of drug-likeness (QED) is 0.756. The van der Waals surface area contributed by atoms with E-state index >= 15 is 0 Å². The molecule has 0 saturated heterocycles. The third kappa shape index (κ3) is 4.90. The van der Waals surface area contributed by atoms with Gasteiger partial charge < -0.3 is 14.6 Å². The molecule has 0 atom stereocenters. The van der Waals surface area contributed by atoms with Crippen molar-refractivity contribution in [1.82, 2.24) is 9.55 Å². The predicted molar refractivity (Wildman–Crippen MR) is 86.8 cm³/mol. The molecule has 0 aliphatic carbocycles. The van der Waals surface area contributed by atoms with Crippen molar-refractivity contribution in [2.45, 2.75) is 33.7 Å². The van der Waals surface area contributed by atoms with Crippen LogP contribution in [0.5, 0.6) is 0 Å². The Kier molecular flexibility index (Phi) is 5.81. The van der Waals surface area contributed by atoms with Crippen molar-refractivity contribution in [3.63, 3.8) is 0 Å². The molecule has 0 aliphatic rings. The Hall–Kier alpha value is -1.81. The molecule has 0 amide bonds. The molecule has 0 spiro atoms. The van der Waals surface area contributed by atoms with Gasteiger partial charge in [-0.1, -0.05) is 29.8 Å². The molecular weight excluding hydrogens is 262 g/mol. The van der Waals surface area contributed by atoms with Crippen LogP contribution in [0.2, 0.25) is 0 Å². The monoisotopic (exact) mass is 287 g/mol. The minimum atomic E-state index is 0.779. The molecule has 1 N–H and O–H groups in total. The van der Waals surface area contributed by atoms with Gasteiger partial charge in [0.25, 0.3) is 0 Å². The Morgan fingerprint density at radius 1 is 1.19 bits per heavy atom. The van der Waals surface area contributed by atoms with E-state index in [2.05, 4.69) is 52.3 Å². The summed E-state index contributed by atoms with van der Waals surface area (Å²) >= 11 is 0. The zero-order chi connectivity index (χ0) is 15.1. The maximum absolute atomic E-state index is 5.35. The first kappa shape index (κ1) is 15.6. The van der Waals surface area contributed by atoms with Crippen LogP contribution in [0.25, 0.3) is 0 Å². The third-order valence-corrected chi connectivity index (χ3v) is 3.32. The van der Waals surface area contributed by atoms with Crippen LogP contribution in [0.3, 0.4) is 0 Å². The van der Waals surface area contributed by atoms with Gasteiger partial charge >= 0.3 is 0 Å². The van der Waals surface area contributed by atoms with Gasteiger partial charge in [0.1, 0.15) is 0 Å². The Balaban J connectivity index is 1.94. The minimum absolute atomic E-state index is 0.779. The van der Waals surface area contributed by atoms with Crippen LogP contribution in [0, 0.1) is 13.8 Å². The van der Waals surface area contributed by atoms with Gasteiger partial charge in [0.15, 0.2) is 0 Å². The molecule has 1 aromatic heterocycles. The standard InChI is InChI=1S/C17H25N3O/c1-4-21-11-5-10-18-17-19-15(3)12-20(17)13-16-8-6-14(2)7-9-16/h6-9,12H,4-5,10-11,13H2,1-3H3,(H,18,19). The number of hydrogen-bond donors (Lipinski definition) is 1. The van der Waals surface area contributed by atoms with Crippen molar-refractivity contribution >= 4 is 5.95 Å². The number of ether oxygens (including phenoxy) is 1. The highest BCUT2D eigenvalue weighted by Crippen LogP contribution is 2.12. The van der Waals surface area contributed by atoms with E-state index in [1.54, 1.807) is 0 Å². The van der Waals surface area contributed by atoms with Crippen molar-refractivity contribution in [3.05, 3.63) is 47.3 Å². The molecule has 0 aliphatic heterocycles. The van der Waals surface area contributed by atoms with Gasteiger partial charge in [0, 0.05) is 26.0 Å². The lowest BCUT2D eigenvalue weighted by atomic mass is 10.1. The van der Waals surface area contributed by atoms with E-state index in [-0.39, 0.29) is 0 Å². The highest BCUT2D eigenvalue weighted by Gasteiger charge is 2.05. The molecular formula is C17H25N3O. The van der Waals surface area contributed by atoms with Crippen molar-refractivity contribution in [2.75, 3.05) is 25.1 Å². The number of benzene rings is 1. The van der Waals surface area contributed by atoms with Crippen LogP contribution >= 0.6 is 0 Å². The largest absolute Gasteiger partial charge is 0.382 e. The first-order chi connectivity index (χ1) is 10.2. The molecule has 1 aromatic carbocycles. The molecule has 0 bridgehead atoms. The average molecular weight is 287 g/mol. The van der Waals surface area contributed by atoms with Crippen LogP contribution < -0.4 is 5.32 Å². The number of nitrogens with one attached hydrogen (secondary N) is 1. The average Bonchev–Trinajstić information content (AvgIpc) is 2.81. The minimum Gasteiger partial charge on any atom is -0.382 e. The van der Waals surface area contributed by atoms with Crippen LogP contribution in [0.4, 0.5) is 5.95 Å². The van der Waals surface area contributed by atoms with Gasteiger partial charge in [-0.3, -0.25) is 0 Å². The molecule has 0 radical (unpaired) electrons. The molecule has 2 aromatic rings.